The van der Waals surface area contributed by atoms with Crippen molar-refractivity contribution in [2.75, 3.05) is 49.7 Å². The van der Waals surface area contributed by atoms with Crippen molar-refractivity contribution < 1.29 is 19.0 Å². The van der Waals surface area contributed by atoms with Gasteiger partial charge in [-0.3, -0.25) is 4.79 Å². The van der Waals surface area contributed by atoms with E-state index >= 15 is 0 Å². The van der Waals surface area contributed by atoms with Gasteiger partial charge in [0.05, 0.1) is 43.5 Å². The first-order valence-electron chi connectivity index (χ1n) is 9.56. The predicted octanol–water partition coefficient (Wildman–Crippen LogP) is 2.99. The maximum atomic E-state index is 12.8. The molecule has 1 amide bonds. The molecule has 9 heteroatoms. The lowest BCUT2D eigenvalue weighted by molar-refractivity contribution is 0.102. The van der Waals surface area contributed by atoms with Crippen LogP contribution in [0.2, 0.25) is 0 Å². The van der Waals surface area contributed by atoms with Crippen LogP contribution < -0.4 is 19.7 Å². The van der Waals surface area contributed by atoms with Crippen LogP contribution in [0.3, 0.4) is 0 Å². The molecule has 0 atom stereocenters. The van der Waals surface area contributed by atoms with E-state index in [0.717, 1.165) is 30.3 Å². The number of rotatable bonds is 8. The fourth-order valence-corrected chi connectivity index (χ4v) is 3.68. The number of aromatic nitrogens is 2. The van der Waals surface area contributed by atoms with Crippen LogP contribution in [0.1, 0.15) is 36.1 Å². The van der Waals surface area contributed by atoms with Crippen LogP contribution in [0.4, 0.5) is 11.4 Å². The molecule has 1 aromatic carbocycles. The average molecular weight is 407 g/mol. The second-order valence-electron chi connectivity index (χ2n) is 6.14. The summed E-state index contributed by atoms with van der Waals surface area (Å²) in [6.07, 6.45) is 0.651. The molecular formula is C19H26N4O4S. The molecule has 1 aliphatic heterocycles. The molecular weight excluding hydrogens is 380 g/mol. The summed E-state index contributed by atoms with van der Waals surface area (Å²) in [6, 6.07) is 3.76. The van der Waals surface area contributed by atoms with Crippen molar-refractivity contribution in [2.24, 2.45) is 0 Å². The van der Waals surface area contributed by atoms with Gasteiger partial charge in [-0.1, -0.05) is 11.4 Å². The zero-order valence-corrected chi connectivity index (χ0v) is 17.3. The van der Waals surface area contributed by atoms with Gasteiger partial charge in [0.25, 0.3) is 5.91 Å². The van der Waals surface area contributed by atoms with E-state index in [1.54, 1.807) is 0 Å². The topological polar surface area (TPSA) is 85.8 Å². The lowest BCUT2D eigenvalue weighted by atomic mass is 10.2. The number of nitrogens with zero attached hydrogens (tertiary/aromatic N) is 3. The lowest BCUT2D eigenvalue weighted by Gasteiger charge is -2.31. The molecule has 2 aromatic rings. The summed E-state index contributed by atoms with van der Waals surface area (Å²) in [7, 11) is 0. The van der Waals surface area contributed by atoms with Gasteiger partial charge in [0.1, 0.15) is 16.4 Å². The van der Waals surface area contributed by atoms with Gasteiger partial charge in [-0.25, -0.2) is 0 Å². The van der Waals surface area contributed by atoms with Crippen molar-refractivity contribution in [1.82, 2.24) is 9.59 Å². The van der Waals surface area contributed by atoms with Crippen molar-refractivity contribution in [1.29, 1.82) is 0 Å². The third kappa shape index (κ3) is 4.53. The number of carbonyl (C=O) groups is 1. The van der Waals surface area contributed by atoms with Gasteiger partial charge >= 0.3 is 0 Å². The normalized spacial score (nSPS) is 14.0. The summed E-state index contributed by atoms with van der Waals surface area (Å²) < 4.78 is 21.0. The Balaban J connectivity index is 1.94. The zero-order valence-electron chi connectivity index (χ0n) is 16.5. The van der Waals surface area contributed by atoms with E-state index in [1.165, 1.54) is 0 Å². The molecule has 3 rings (SSSR count). The summed E-state index contributed by atoms with van der Waals surface area (Å²) in [4.78, 5) is 15.5. The highest BCUT2D eigenvalue weighted by Crippen LogP contribution is 2.39. The fourth-order valence-electron chi connectivity index (χ4n) is 3.04. The molecule has 0 aliphatic carbocycles. The van der Waals surface area contributed by atoms with E-state index in [1.807, 2.05) is 32.9 Å². The summed E-state index contributed by atoms with van der Waals surface area (Å²) in [5.41, 5.74) is 2.21. The summed E-state index contributed by atoms with van der Waals surface area (Å²) in [6.45, 7) is 9.72. The summed E-state index contributed by atoms with van der Waals surface area (Å²) in [5, 5.41) is 6.96. The third-order valence-corrected chi connectivity index (χ3v) is 5.12. The molecule has 0 unspecified atom stereocenters. The number of morpholine rings is 1. The Morgan fingerprint density at radius 3 is 2.57 bits per heavy atom. The van der Waals surface area contributed by atoms with Gasteiger partial charge in [-0.05, 0) is 31.8 Å². The van der Waals surface area contributed by atoms with E-state index in [0.29, 0.717) is 60.6 Å². The van der Waals surface area contributed by atoms with Crippen LogP contribution in [-0.4, -0.2) is 55.0 Å². The Bertz CT molecular complexity index is 805. The SMILES string of the molecule is CCOc1cc(N2CCOCC2)c(OCC)cc1NC(=O)c1snnc1CC. The molecule has 152 valence electrons. The van der Waals surface area contributed by atoms with Crippen LogP contribution in [-0.2, 0) is 11.2 Å². The molecule has 1 aliphatic rings. The molecule has 2 heterocycles. The second-order valence-corrected chi connectivity index (χ2v) is 6.89. The first-order valence-corrected chi connectivity index (χ1v) is 10.3. The maximum absolute atomic E-state index is 12.8. The smallest absolute Gasteiger partial charge is 0.269 e. The number of hydrogen-bond acceptors (Lipinski definition) is 8. The van der Waals surface area contributed by atoms with Gasteiger partial charge in [0.2, 0.25) is 0 Å². The zero-order chi connectivity index (χ0) is 19.9. The Morgan fingerprint density at radius 1 is 1.18 bits per heavy atom. The van der Waals surface area contributed by atoms with E-state index in [9.17, 15) is 4.79 Å². The Morgan fingerprint density at radius 2 is 1.89 bits per heavy atom. The van der Waals surface area contributed by atoms with Gasteiger partial charge in [-0.15, -0.1) is 5.10 Å². The number of aryl methyl sites for hydroxylation is 1. The quantitative estimate of drug-likeness (QED) is 0.721. The molecule has 0 saturated carbocycles. The molecule has 8 nitrogen and oxygen atoms in total. The highest BCUT2D eigenvalue weighted by atomic mass is 32.1. The number of hydrogen-bond donors (Lipinski definition) is 1. The molecule has 1 N–H and O–H groups in total. The Hall–Kier alpha value is -2.39. The molecule has 1 fully saturated rings. The van der Waals surface area contributed by atoms with E-state index < -0.39 is 0 Å². The first-order chi connectivity index (χ1) is 13.7. The van der Waals surface area contributed by atoms with Crippen LogP contribution in [0.15, 0.2) is 12.1 Å². The highest BCUT2D eigenvalue weighted by molar-refractivity contribution is 7.08. The third-order valence-electron chi connectivity index (χ3n) is 4.36. The van der Waals surface area contributed by atoms with Crippen LogP contribution in [0.25, 0.3) is 0 Å². The second kappa shape index (κ2) is 9.70. The van der Waals surface area contributed by atoms with Crippen molar-refractivity contribution in [3.05, 3.63) is 22.7 Å². The Kier molecular flexibility index (Phi) is 7.05. The molecule has 0 bridgehead atoms. The summed E-state index contributed by atoms with van der Waals surface area (Å²) >= 11 is 1.09. The number of ether oxygens (including phenoxy) is 3. The van der Waals surface area contributed by atoms with Crippen LogP contribution >= 0.6 is 11.5 Å². The maximum Gasteiger partial charge on any atom is 0.269 e. The predicted molar refractivity (Wildman–Crippen MR) is 109 cm³/mol. The van der Waals surface area contributed by atoms with Crippen molar-refractivity contribution in [2.45, 2.75) is 27.2 Å². The number of benzene rings is 1. The largest absolute Gasteiger partial charge is 0.492 e. The van der Waals surface area contributed by atoms with Gasteiger partial charge in [-0.2, -0.15) is 0 Å². The lowest BCUT2D eigenvalue weighted by Crippen LogP contribution is -2.36. The minimum Gasteiger partial charge on any atom is -0.492 e. The molecule has 1 aromatic heterocycles. The van der Waals surface area contributed by atoms with Crippen molar-refractivity contribution in [3.63, 3.8) is 0 Å². The van der Waals surface area contributed by atoms with E-state index in [4.69, 9.17) is 14.2 Å². The van der Waals surface area contributed by atoms with E-state index in [2.05, 4.69) is 19.8 Å². The van der Waals surface area contributed by atoms with Crippen LogP contribution in [0, 0.1) is 0 Å². The number of carbonyl (C=O) groups excluding carboxylic acids is 1. The van der Waals surface area contributed by atoms with Crippen molar-refractivity contribution in [3.8, 4) is 11.5 Å². The molecule has 0 radical (unpaired) electrons. The fraction of sp³-hybridized carbons (Fsp3) is 0.526. The van der Waals surface area contributed by atoms with E-state index in [-0.39, 0.29) is 5.91 Å². The number of amides is 1. The number of anilines is 2. The minimum atomic E-state index is -0.241. The van der Waals surface area contributed by atoms with Crippen LogP contribution in [0.5, 0.6) is 11.5 Å². The monoisotopic (exact) mass is 406 g/mol. The van der Waals surface area contributed by atoms with Gasteiger partial charge in [0, 0.05) is 25.2 Å². The Labute approximate surface area is 168 Å². The standard InChI is InChI=1S/C19H26N4O4S/c1-4-13-18(28-22-21-13)19(24)20-14-11-17(27-6-3)15(12-16(14)26-5-2)23-7-9-25-10-8-23/h11-12H,4-10H2,1-3H3,(H,20,24). The average Bonchev–Trinajstić information content (AvgIpc) is 3.20. The molecule has 28 heavy (non-hydrogen) atoms. The summed E-state index contributed by atoms with van der Waals surface area (Å²) in [5.74, 6) is 1.08. The first kappa shape index (κ1) is 20.3. The van der Waals surface area contributed by atoms with Gasteiger partial charge < -0.3 is 24.4 Å². The minimum absolute atomic E-state index is 0.241. The molecule has 1 saturated heterocycles. The van der Waals surface area contributed by atoms with Crippen molar-refractivity contribution >= 4 is 28.8 Å². The number of nitrogens with one attached hydrogen (secondary N) is 1. The van der Waals surface area contributed by atoms with Gasteiger partial charge in [0.15, 0.2) is 0 Å². The highest BCUT2D eigenvalue weighted by Gasteiger charge is 2.22. The molecule has 0 spiro atoms.